The minimum absolute atomic E-state index is 0.0101. The van der Waals surface area contributed by atoms with E-state index >= 15 is 0 Å². The summed E-state index contributed by atoms with van der Waals surface area (Å²) in [7, 11) is -0.256. The van der Waals surface area contributed by atoms with Crippen molar-refractivity contribution in [3.05, 3.63) is 82.9 Å². The number of anilines is 2. The molecule has 3 heterocycles. The Morgan fingerprint density at radius 3 is 2.43 bits per heavy atom. The van der Waals surface area contributed by atoms with Crippen molar-refractivity contribution in [2.24, 2.45) is 11.8 Å². The van der Waals surface area contributed by atoms with E-state index in [-0.39, 0.29) is 22.7 Å². The molecular weight excluding hydrogens is 609 g/mol. The van der Waals surface area contributed by atoms with E-state index in [1.54, 1.807) is 13.2 Å². The predicted octanol–water partition coefficient (Wildman–Crippen LogP) is 7.28. The van der Waals surface area contributed by atoms with Crippen molar-refractivity contribution >= 4 is 21.8 Å². The lowest BCUT2D eigenvalue weighted by molar-refractivity contribution is 0.318. The highest BCUT2D eigenvalue weighted by Crippen LogP contribution is 2.41. The molecule has 1 saturated carbocycles. The number of aromatic nitrogens is 4. The Bertz CT molecular complexity index is 1840. The standard InChI is InChI=1S/C37H46N6O3S/c1-23(2)18-27-16-17-32-36(46-6)35(34-24(3)10-7-11-25(34)4)41-37(40-32)42-47(44,45)30-15-8-12-26(19-30)31(27)20-28-21-38-22-33(39-28)43(5)29-13-9-14-29/h7-8,10-12,15,19,21-23,27,29,31H,9,13-14,16-18,20H2,1-6H3,(H,40,41,42)/t27-,31?/m0/s1. The molecule has 1 N–H and O–H groups in total. The largest absolute Gasteiger partial charge is 0.493 e. The summed E-state index contributed by atoms with van der Waals surface area (Å²) in [6.07, 6.45) is 10.3. The fraction of sp³-hybridized carbons (Fsp3) is 0.459. The molecule has 2 aromatic heterocycles. The molecule has 0 saturated heterocycles. The summed E-state index contributed by atoms with van der Waals surface area (Å²) in [6, 6.07) is 13.9. The van der Waals surface area contributed by atoms with Crippen LogP contribution >= 0.6 is 0 Å². The van der Waals surface area contributed by atoms with E-state index in [4.69, 9.17) is 19.7 Å². The molecule has 9 nitrogen and oxygen atoms in total. The van der Waals surface area contributed by atoms with Gasteiger partial charge in [-0.25, -0.2) is 28.1 Å². The van der Waals surface area contributed by atoms with Gasteiger partial charge in [0.05, 0.1) is 29.6 Å². The third kappa shape index (κ3) is 6.98. The summed E-state index contributed by atoms with van der Waals surface area (Å²) in [5, 5.41) is 0. The number of hydrogen-bond donors (Lipinski definition) is 1. The number of sulfonamides is 1. The maximum absolute atomic E-state index is 13.9. The van der Waals surface area contributed by atoms with Gasteiger partial charge in [0.15, 0.2) is 5.75 Å². The van der Waals surface area contributed by atoms with Gasteiger partial charge in [0.1, 0.15) is 11.5 Å². The average Bonchev–Trinajstić information content (AvgIpc) is 3.00. The minimum atomic E-state index is -4.00. The van der Waals surface area contributed by atoms with Crippen molar-refractivity contribution < 1.29 is 13.2 Å². The smallest absolute Gasteiger partial charge is 0.264 e. The number of ether oxygens (including phenoxy) is 1. The molecule has 0 amide bonds. The van der Waals surface area contributed by atoms with Gasteiger partial charge in [0.2, 0.25) is 5.95 Å². The van der Waals surface area contributed by atoms with Crippen molar-refractivity contribution in [1.29, 1.82) is 0 Å². The molecule has 1 fully saturated rings. The Balaban J connectivity index is 1.47. The first-order valence-corrected chi connectivity index (χ1v) is 18.2. The number of methoxy groups -OCH3 is 1. The number of nitrogens with one attached hydrogen (secondary N) is 1. The van der Waals surface area contributed by atoms with Crippen LogP contribution in [-0.4, -0.2) is 48.6 Å². The van der Waals surface area contributed by atoms with Crippen LogP contribution in [0.3, 0.4) is 0 Å². The number of nitrogens with zero attached hydrogens (tertiary/aromatic N) is 5. The third-order valence-electron chi connectivity index (χ3n) is 9.86. The molecular formula is C37H46N6O3S. The van der Waals surface area contributed by atoms with Crippen molar-refractivity contribution in [3.8, 4) is 17.0 Å². The lowest BCUT2D eigenvalue weighted by Crippen LogP contribution is -2.37. The second kappa shape index (κ2) is 13.6. The summed E-state index contributed by atoms with van der Waals surface area (Å²) >= 11 is 0. The molecule has 2 aliphatic rings. The average molecular weight is 655 g/mol. The molecule has 1 aliphatic heterocycles. The number of benzene rings is 2. The molecule has 4 bridgehead atoms. The summed E-state index contributed by atoms with van der Waals surface area (Å²) in [5.74, 6) is 2.16. The Morgan fingerprint density at radius 2 is 1.74 bits per heavy atom. The molecule has 0 radical (unpaired) electrons. The highest BCUT2D eigenvalue weighted by atomic mass is 32.2. The van der Waals surface area contributed by atoms with Gasteiger partial charge in [0, 0.05) is 24.8 Å². The third-order valence-corrected chi connectivity index (χ3v) is 11.2. The van der Waals surface area contributed by atoms with Crippen LogP contribution in [0.25, 0.3) is 11.3 Å². The number of aryl methyl sites for hydroxylation is 3. The lowest BCUT2D eigenvalue weighted by Gasteiger charge is -2.35. The Kier molecular flexibility index (Phi) is 9.50. The molecule has 248 valence electrons. The van der Waals surface area contributed by atoms with Crippen LogP contribution in [0.4, 0.5) is 11.8 Å². The van der Waals surface area contributed by atoms with Gasteiger partial charge < -0.3 is 9.64 Å². The van der Waals surface area contributed by atoms with Crippen molar-refractivity contribution in [1.82, 2.24) is 19.9 Å². The predicted molar refractivity (Wildman–Crippen MR) is 187 cm³/mol. The van der Waals surface area contributed by atoms with E-state index in [9.17, 15) is 8.42 Å². The maximum Gasteiger partial charge on any atom is 0.264 e. The van der Waals surface area contributed by atoms with E-state index in [2.05, 4.69) is 41.6 Å². The summed E-state index contributed by atoms with van der Waals surface area (Å²) in [4.78, 5) is 21.7. The Morgan fingerprint density at radius 1 is 1.00 bits per heavy atom. The Hall–Kier alpha value is -4.05. The first kappa shape index (κ1) is 32.9. The highest BCUT2D eigenvalue weighted by molar-refractivity contribution is 7.92. The van der Waals surface area contributed by atoms with Crippen LogP contribution in [0.2, 0.25) is 0 Å². The van der Waals surface area contributed by atoms with Crippen LogP contribution in [0, 0.1) is 25.7 Å². The zero-order valence-electron chi connectivity index (χ0n) is 28.3. The number of rotatable bonds is 8. The molecule has 2 atom stereocenters. The monoisotopic (exact) mass is 654 g/mol. The highest BCUT2D eigenvalue weighted by Gasteiger charge is 2.31. The van der Waals surface area contributed by atoms with Crippen LogP contribution in [0.1, 0.15) is 79.9 Å². The summed E-state index contributed by atoms with van der Waals surface area (Å²) < 4.78 is 36.6. The first-order valence-electron chi connectivity index (χ1n) is 16.7. The quantitative estimate of drug-likeness (QED) is 0.211. The van der Waals surface area contributed by atoms with Gasteiger partial charge in [-0.05, 0) is 105 Å². The maximum atomic E-state index is 13.9. The SMILES string of the molecule is COc1c2nc(nc1-c1c(C)cccc1C)NS(=O)(=O)c1cccc(c1)C(Cc1cncc(N(C)C3CCC3)n1)[C@H](CC(C)C)CC2. The fourth-order valence-electron chi connectivity index (χ4n) is 7.19. The lowest BCUT2D eigenvalue weighted by atomic mass is 9.76. The van der Waals surface area contributed by atoms with E-state index in [0.29, 0.717) is 41.9 Å². The van der Waals surface area contributed by atoms with E-state index < -0.39 is 10.0 Å². The van der Waals surface area contributed by atoms with Crippen molar-refractivity contribution in [3.63, 3.8) is 0 Å². The van der Waals surface area contributed by atoms with Crippen LogP contribution in [-0.2, 0) is 22.9 Å². The van der Waals surface area contributed by atoms with Gasteiger partial charge >= 0.3 is 0 Å². The molecule has 6 rings (SSSR count). The van der Waals surface area contributed by atoms with E-state index in [1.165, 1.54) is 19.3 Å². The van der Waals surface area contributed by atoms with E-state index in [1.807, 2.05) is 56.6 Å². The molecule has 47 heavy (non-hydrogen) atoms. The number of fused-ring (bicyclic) bond motifs is 4. The van der Waals surface area contributed by atoms with Crippen molar-refractivity contribution in [2.45, 2.75) is 89.5 Å². The molecule has 1 unspecified atom stereocenters. The van der Waals surface area contributed by atoms with Gasteiger partial charge in [0.25, 0.3) is 10.0 Å². The van der Waals surface area contributed by atoms with Gasteiger partial charge in [-0.15, -0.1) is 0 Å². The molecule has 1 aliphatic carbocycles. The fourth-order valence-corrected chi connectivity index (χ4v) is 8.19. The zero-order valence-corrected chi connectivity index (χ0v) is 29.1. The molecule has 0 spiro atoms. The first-order chi connectivity index (χ1) is 22.5. The van der Waals surface area contributed by atoms with E-state index in [0.717, 1.165) is 46.6 Å². The second-order valence-electron chi connectivity index (χ2n) is 13.6. The van der Waals surface area contributed by atoms with Gasteiger partial charge in [-0.2, -0.15) is 0 Å². The Labute approximate surface area is 279 Å². The van der Waals surface area contributed by atoms with Gasteiger partial charge in [-0.3, -0.25) is 4.98 Å². The van der Waals surface area contributed by atoms with Crippen LogP contribution in [0.5, 0.6) is 5.75 Å². The second-order valence-corrected chi connectivity index (χ2v) is 15.3. The minimum Gasteiger partial charge on any atom is -0.493 e. The van der Waals surface area contributed by atoms with Crippen LogP contribution in [0.15, 0.2) is 59.8 Å². The van der Waals surface area contributed by atoms with Crippen molar-refractivity contribution in [2.75, 3.05) is 23.8 Å². The number of hydrogen-bond acceptors (Lipinski definition) is 8. The zero-order chi connectivity index (χ0) is 33.3. The van der Waals surface area contributed by atoms with Gasteiger partial charge in [-0.1, -0.05) is 44.2 Å². The normalized spacial score (nSPS) is 19.2. The molecule has 4 aromatic rings. The van der Waals surface area contributed by atoms with Crippen LogP contribution < -0.4 is 14.4 Å². The summed E-state index contributed by atoms with van der Waals surface area (Å²) in [6.45, 7) is 8.55. The summed E-state index contributed by atoms with van der Waals surface area (Å²) in [5.41, 5.74) is 6.15. The molecule has 10 heteroatoms. The topological polar surface area (TPSA) is 110 Å². The molecule has 2 aromatic carbocycles.